The highest BCUT2D eigenvalue weighted by atomic mass is 32.2. The van der Waals surface area contributed by atoms with E-state index in [2.05, 4.69) is 10.3 Å². The van der Waals surface area contributed by atoms with Crippen LogP contribution in [0.15, 0.2) is 78.0 Å². The number of anilines is 1. The highest BCUT2D eigenvalue weighted by Gasteiger charge is 2.32. The zero-order chi connectivity index (χ0) is 26.7. The van der Waals surface area contributed by atoms with E-state index in [1.807, 2.05) is 54.6 Å². The Bertz CT molecular complexity index is 1180. The van der Waals surface area contributed by atoms with Crippen LogP contribution in [-0.4, -0.2) is 39.0 Å². The lowest BCUT2D eigenvalue weighted by atomic mass is 10.0. The zero-order valence-electron chi connectivity index (χ0n) is 20.8. The van der Waals surface area contributed by atoms with Crippen molar-refractivity contribution in [1.29, 1.82) is 0 Å². The second-order valence-corrected chi connectivity index (χ2v) is 9.93. The molecule has 9 nitrogen and oxygen atoms in total. The summed E-state index contributed by atoms with van der Waals surface area (Å²) >= 11 is 1.64. The molecule has 1 saturated heterocycles. The van der Waals surface area contributed by atoms with Crippen LogP contribution in [-0.2, 0) is 25.7 Å². The molecule has 4 N–H and O–H groups in total. The van der Waals surface area contributed by atoms with Crippen LogP contribution in [0.1, 0.15) is 54.8 Å². The number of amides is 2. The topological polar surface area (TPSA) is 130 Å². The number of pyridine rings is 1. The average Bonchev–Trinajstić information content (AvgIpc) is 2.96. The van der Waals surface area contributed by atoms with Crippen LogP contribution in [0.25, 0.3) is 0 Å². The van der Waals surface area contributed by atoms with E-state index in [9.17, 15) is 14.7 Å². The van der Waals surface area contributed by atoms with Crippen LogP contribution in [0.4, 0.5) is 5.69 Å². The summed E-state index contributed by atoms with van der Waals surface area (Å²) in [7, 11) is 0. The second-order valence-electron chi connectivity index (χ2n) is 8.89. The summed E-state index contributed by atoms with van der Waals surface area (Å²) in [6.07, 6.45) is 2.15. The number of benzene rings is 2. The third-order valence-electron chi connectivity index (χ3n) is 6.07. The smallest absolute Gasteiger partial charge is 0.243 e. The van der Waals surface area contributed by atoms with Gasteiger partial charge in [-0.2, -0.15) is 0 Å². The Labute approximate surface area is 225 Å². The van der Waals surface area contributed by atoms with Gasteiger partial charge in [-0.1, -0.05) is 42.5 Å². The molecule has 4 rings (SSSR count). The quantitative estimate of drug-likeness (QED) is 0.160. The number of hydroxylamine groups is 1. The summed E-state index contributed by atoms with van der Waals surface area (Å²) in [6.45, 7) is -0.0121. The van der Waals surface area contributed by atoms with E-state index in [0.29, 0.717) is 24.3 Å². The predicted octanol–water partition coefficient (Wildman–Crippen LogP) is 4.53. The Morgan fingerprint density at radius 1 is 0.947 bits per heavy atom. The van der Waals surface area contributed by atoms with E-state index in [4.69, 9.17) is 14.7 Å². The highest BCUT2D eigenvalue weighted by molar-refractivity contribution is 7.99. The maximum atomic E-state index is 12.2. The summed E-state index contributed by atoms with van der Waals surface area (Å²) < 4.78 is 12.7. The van der Waals surface area contributed by atoms with Crippen LogP contribution in [0.5, 0.6) is 0 Å². The van der Waals surface area contributed by atoms with Gasteiger partial charge < -0.3 is 19.9 Å². The number of nitrogens with one attached hydrogen (secondary N) is 2. The standard InChI is InChI=1S/C28H31N3O6S/c32-17-19-7-9-20(10-8-19)24-16-23(18-38-27-6-1-2-15-29-27)36-28(37-24)21-11-13-22(14-12-21)30-25(33)4-3-5-26(34)31-35/h1-2,6-15,23-24,28,32,35H,3-5,16-18H2,(H,30,33)(H,31,34). The molecule has 3 unspecified atom stereocenters. The number of carbonyl (C=O) groups excluding carboxylic acids is 2. The molecular weight excluding hydrogens is 506 g/mol. The van der Waals surface area contributed by atoms with Gasteiger partial charge in [0.05, 0.1) is 23.8 Å². The van der Waals surface area contributed by atoms with E-state index < -0.39 is 12.2 Å². The molecule has 38 heavy (non-hydrogen) atoms. The lowest BCUT2D eigenvalue weighted by Gasteiger charge is -2.36. The molecule has 1 fully saturated rings. The Kier molecular flexibility index (Phi) is 10.2. The maximum Gasteiger partial charge on any atom is 0.243 e. The molecule has 2 heterocycles. The first-order valence-electron chi connectivity index (χ1n) is 12.4. The van der Waals surface area contributed by atoms with E-state index in [-0.39, 0.29) is 37.6 Å². The van der Waals surface area contributed by atoms with Crippen LogP contribution >= 0.6 is 11.8 Å². The van der Waals surface area contributed by atoms with E-state index in [0.717, 1.165) is 21.7 Å². The van der Waals surface area contributed by atoms with Gasteiger partial charge in [0.15, 0.2) is 6.29 Å². The molecule has 2 amide bonds. The van der Waals surface area contributed by atoms with Gasteiger partial charge in [0.1, 0.15) is 0 Å². The fraction of sp³-hybridized carbons (Fsp3) is 0.321. The van der Waals surface area contributed by atoms with Crippen molar-refractivity contribution in [3.05, 3.63) is 89.6 Å². The van der Waals surface area contributed by atoms with Gasteiger partial charge in [0, 0.05) is 42.5 Å². The molecule has 1 aromatic heterocycles. The third kappa shape index (κ3) is 8.11. The predicted molar refractivity (Wildman–Crippen MR) is 142 cm³/mol. The summed E-state index contributed by atoms with van der Waals surface area (Å²) in [6, 6.07) is 20.9. The van der Waals surface area contributed by atoms with Gasteiger partial charge in [0.25, 0.3) is 0 Å². The monoisotopic (exact) mass is 537 g/mol. The fourth-order valence-electron chi connectivity index (χ4n) is 4.05. The molecular formula is C28H31N3O6S. The Hall–Kier alpha value is -3.28. The molecule has 0 spiro atoms. The molecule has 200 valence electrons. The van der Waals surface area contributed by atoms with Crippen molar-refractivity contribution in [2.45, 2.75) is 55.8 Å². The normalized spacial score (nSPS) is 19.1. The van der Waals surface area contributed by atoms with E-state index >= 15 is 0 Å². The first-order valence-corrected chi connectivity index (χ1v) is 13.4. The van der Waals surface area contributed by atoms with Crippen LogP contribution in [0.3, 0.4) is 0 Å². The van der Waals surface area contributed by atoms with E-state index in [1.165, 1.54) is 0 Å². The van der Waals surface area contributed by atoms with Crippen molar-refractivity contribution in [3.8, 4) is 0 Å². The lowest BCUT2D eigenvalue weighted by Crippen LogP contribution is -2.31. The number of rotatable bonds is 11. The third-order valence-corrected chi connectivity index (χ3v) is 7.14. The number of nitrogens with zero attached hydrogens (tertiary/aromatic N) is 1. The molecule has 0 bridgehead atoms. The first-order chi connectivity index (χ1) is 18.5. The van der Waals surface area contributed by atoms with Gasteiger partial charge in [-0.15, -0.1) is 11.8 Å². The molecule has 0 saturated carbocycles. The number of hydrogen-bond acceptors (Lipinski definition) is 8. The van der Waals surface area contributed by atoms with Crippen molar-refractivity contribution >= 4 is 29.3 Å². The Balaban J connectivity index is 1.41. The average molecular weight is 538 g/mol. The number of aromatic nitrogens is 1. The van der Waals surface area contributed by atoms with E-state index in [1.54, 1.807) is 35.6 Å². The van der Waals surface area contributed by atoms with Gasteiger partial charge in [0.2, 0.25) is 11.8 Å². The largest absolute Gasteiger partial charge is 0.392 e. The van der Waals surface area contributed by atoms with Crippen molar-refractivity contribution < 1.29 is 29.4 Å². The molecule has 1 aliphatic heterocycles. The number of ether oxygens (including phenoxy) is 2. The molecule has 2 aromatic carbocycles. The van der Waals surface area contributed by atoms with Crippen molar-refractivity contribution in [2.24, 2.45) is 0 Å². The number of aliphatic hydroxyl groups excluding tert-OH is 1. The minimum atomic E-state index is -0.595. The second kappa shape index (κ2) is 14.0. The van der Waals surface area contributed by atoms with Crippen LogP contribution in [0, 0.1) is 0 Å². The van der Waals surface area contributed by atoms with Crippen molar-refractivity contribution in [2.75, 3.05) is 11.1 Å². The summed E-state index contributed by atoms with van der Waals surface area (Å²) in [5, 5.41) is 21.7. The SMILES string of the molecule is O=C(CCCC(=O)Nc1ccc(C2OC(CSc3ccccn3)CC(c3ccc(CO)cc3)O2)cc1)NO. The molecule has 10 heteroatoms. The van der Waals surface area contributed by atoms with Crippen LogP contribution < -0.4 is 10.8 Å². The maximum absolute atomic E-state index is 12.2. The number of carbonyl (C=O) groups is 2. The minimum absolute atomic E-state index is 0.0121. The van der Waals surface area contributed by atoms with Crippen molar-refractivity contribution in [1.82, 2.24) is 10.5 Å². The zero-order valence-corrected chi connectivity index (χ0v) is 21.6. The lowest BCUT2D eigenvalue weighted by molar-refractivity contribution is -0.245. The van der Waals surface area contributed by atoms with Gasteiger partial charge in [-0.3, -0.25) is 14.8 Å². The first kappa shape index (κ1) is 27.7. The van der Waals surface area contributed by atoms with Gasteiger partial charge >= 0.3 is 0 Å². The summed E-state index contributed by atoms with van der Waals surface area (Å²) in [4.78, 5) is 27.6. The van der Waals surface area contributed by atoms with Gasteiger partial charge in [-0.05, 0) is 41.8 Å². The molecule has 3 atom stereocenters. The van der Waals surface area contributed by atoms with Crippen molar-refractivity contribution in [3.63, 3.8) is 0 Å². The van der Waals surface area contributed by atoms with Gasteiger partial charge in [-0.25, -0.2) is 10.5 Å². The highest BCUT2D eigenvalue weighted by Crippen LogP contribution is 2.39. The Morgan fingerprint density at radius 3 is 2.37 bits per heavy atom. The molecule has 0 radical (unpaired) electrons. The fourth-order valence-corrected chi connectivity index (χ4v) is 4.93. The number of thioether (sulfide) groups is 1. The minimum Gasteiger partial charge on any atom is -0.392 e. The number of hydrogen-bond donors (Lipinski definition) is 4. The summed E-state index contributed by atoms with van der Waals surface area (Å²) in [5.41, 5.74) is 4.86. The van der Waals surface area contributed by atoms with Crippen LogP contribution in [0.2, 0.25) is 0 Å². The molecule has 3 aromatic rings. The molecule has 1 aliphatic rings. The summed E-state index contributed by atoms with van der Waals surface area (Å²) in [5.74, 6) is -0.0227. The number of aliphatic hydroxyl groups is 1. The molecule has 0 aliphatic carbocycles. The Morgan fingerprint density at radius 2 is 1.68 bits per heavy atom.